The molecular formula is C12H14ClF2IN2O. The summed E-state index contributed by atoms with van der Waals surface area (Å²) in [4.78, 5) is 13.8. The van der Waals surface area contributed by atoms with Crippen LogP contribution in [0.4, 0.5) is 8.78 Å². The Morgan fingerprint density at radius 3 is 2.74 bits per heavy atom. The lowest BCUT2D eigenvalue weighted by Gasteiger charge is -2.32. The Morgan fingerprint density at radius 2 is 2.11 bits per heavy atom. The zero-order chi connectivity index (χ0) is 13.3. The van der Waals surface area contributed by atoms with Gasteiger partial charge >= 0.3 is 0 Å². The largest absolute Gasteiger partial charge is 0.336 e. The molecule has 0 aromatic heterocycles. The molecule has 3 nitrogen and oxygen atoms in total. The van der Waals surface area contributed by atoms with E-state index in [0.717, 1.165) is 6.07 Å². The van der Waals surface area contributed by atoms with Gasteiger partial charge in [-0.2, -0.15) is 0 Å². The lowest BCUT2D eigenvalue weighted by Crippen LogP contribution is -2.51. The molecule has 1 aromatic carbocycles. The summed E-state index contributed by atoms with van der Waals surface area (Å²) < 4.78 is 27.0. The van der Waals surface area contributed by atoms with E-state index in [9.17, 15) is 13.6 Å². The molecule has 1 aliphatic heterocycles. The van der Waals surface area contributed by atoms with E-state index >= 15 is 0 Å². The van der Waals surface area contributed by atoms with E-state index in [2.05, 4.69) is 5.32 Å². The van der Waals surface area contributed by atoms with Gasteiger partial charge in [-0.25, -0.2) is 8.78 Å². The maximum absolute atomic E-state index is 13.6. The first-order valence-corrected chi connectivity index (χ1v) is 6.74. The molecule has 1 aromatic rings. The van der Waals surface area contributed by atoms with Gasteiger partial charge in [-0.3, -0.25) is 4.79 Å². The van der Waals surface area contributed by atoms with Gasteiger partial charge in [0, 0.05) is 35.3 Å². The summed E-state index contributed by atoms with van der Waals surface area (Å²) in [5.41, 5.74) is -0.0603. The second kappa shape index (κ2) is 6.81. The number of carbonyl (C=O) groups excluding carboxylic acids is 1. The van der Waals surface area contributed by atoms with Gasteiger partial charge in [0.05, 0.1) is 5.56 Å². The zero-order valence-corrected chi connectivity index (χ0v) is 13.2. The molecule has 1 heterocycles. The summed E-state index contributed by atoms with van der Waals surface area (Å²) in [6.07, 6.45) is 0. The molecule has 0 radical (unpaired) electrons. The van der Waals surface area contributed by atoms with E-state index in [1.807, 2.05) is 6.92 Å². The van der Waals surface area contributed by atoms with Crippen LogP contribution >= 0.6 is 35.0 Å². The molecule has 1 aliphatic rings. The Morgan fingerprint density at radius 1 is 1.42 bits per heavy atom. The van der Waals surface area contributed by atoms with E-state index in [0.29, 0.717) is 19.6 Å². The minimum Gasteiger partial charge on any atom is -0.336 e. The summed E-state index contributed by atoms with van der Waals surface area (Å²) in [6.45, 7) is 3.72. The molecule has 2 rings (SSSR count). The van der Waals surface area contributed by atoms with Gasteiger partial charge in [0.2, 0.25) is 0 Å². The molecule has 0 bridgehead atoms. The van der Waals surface area contributed by atoms with Crippen molar-refractivity contribution in [1.82, 2.24) is 10.2 Å². The SMILES string of the molecule is C[C@@H]1CN(C(=O)c2cc(I)c(F)cc2F)CCN1.Cl. The molecular weight excluding hydrogens is 388 g/mol. The fourth-order valence-electron chi connectivity index (χ4n) is 1.97. The van der Waals surface area contributed by atoms with Crippen molar-refractivity contribution in [2.75, 3.05) is 19.6 Å². The van der Waals surface area contributed by atoms with Crippen LogP contribution in [0.2, 0.25) is 0 Å². The minimum atomic E-state index is -0.802. The Bertz CT molecular complexity index is 487. The summed E-state index contributed by atoms with van der Waals surface area (Å²) in [7, 11) is 0. The van der Waals surface area contributed by atoms with Crippen LogP contribution in [0.5, 0.6) is 0 Å². The third kappa shape index (κ3) is 3.76. The van der Waals surface area contributed by atoms with Crippen molar-refractivity contribution in [2.24, 2.45) is 0 Å². The third-order valence-electron chi connectivity index (χ3n) is 2.90. The summed E-state index contributed by atoms with van der Waals surface area (Å²) >= 11 is 1.75. The molecule has 0 spiro atoms. The molecule has 1 fully saturated rings. The van der Waals surface area contributed by atoms with Gasteiger partial charge in [-0.15, -0.1) is 12.4 Å². The van der Waals surface area contributed by atoms with Gasteiger partial charge < -0.3 is 10.2 Å². The maximum atomic E-state index is 13.6. The minimum absolute atomic E-state index is 0. The summed E-state index contributed by atoms with van der Waals surface area (Å²) in [5.74, 6) is -1.82. The van der Waals surface area contributed by atoms with Crippen LogP contribution in [0.15, 0.2) is 12.1 Å². The molecule has 106 valence electrons. The molecule has 1 atom stereocenters. The number of benzene rings is 1. The second-order valence-electron chi connectivity index (χ2n) is 4.35. The van der Waals surface area contributed by atoms with E-state index in [4.69, 9.17) is 0 Å². The average Bonchev–Trinajstić information content (AvgIpc) is 2.33. The monoisotopic (exact) mass is 402 g/mol. The van der Waals surface area contributed by atoms with Crippen molar-refractivity contribution in [3.8, 4) is 0 Å². The van der Waals surface area contributed by atoms with Crippen molar-refractivity contribution in [2.45, 2.75) is 13.0 Å². The highest BCUT2D eigenvalue weighted by Gasteiger charge is 2.24. The van der Waals surface area contributed by atoms with Gasteiger partial charge in [0.1, 0.15) is 11.6 Å². The molecule has 0 saturated carbocycles. The first-order chi connectivity index (χ1) is 8.49. The summed E-state index contributed by atoms with van der Waals surface area (Å²) in [6, 6.07) is 2.21. The van der Waals surface area contributed by atoms with Gasteiger partial charge in [-0.1, -0.05) is 0 Å². The first kappa shape index (κ1) is 16.6. The number of halogens is 4. The number of hydrogen-bond acceptors (Lipinski definition) is 2. The fourth-order valence-corrected chi connectivity index (χ4v) is 2.44. The molecule has 19 heavy (non-hydrogen) atoms. The predicted molar refractivity (Wildman–Crippen MR) is 79.7 cm³/mol. The Hall–Kier alpha value is -0.470. The zero-order valence-electron chi connectivity index (χ0n) is 10.3. The van der Waals surface area contributed by atoms with Crippen LogP contribution in [-0.2, 0) is 0 Å². The van der Waals surface area contributed by atoms with E-state index in [1.165, 1.54) is 6.07 Å². The number of rotatable bonds is 1. The highest BCUT2D eigenvalue weighted by molar-refractivity contribution is 14.1. The molecule has 7 heteroatoms. The Kier molecular flexibility index (Phi) is 5.94. The number of hydrogen-bond donors (Lipinski definition) is 1. The first-order valence-electron chi connectivity index (χ1n) is 5.66. The quantitative estimate of drug-likeness (QED) is 0.578. The second-order valence-corrected chi connectivity index (χ2v) is 5.51. The maximum Gasteiger partial charge on any atom is 0.256 e. The van der Waals surface area contributed by atoms with E-state index < -0.39 is 11.6 Å². The number of piperazine rings is 1. The molecule has 1 saturated heterocycles. The smallest absolute Gasteiger partial charge is 0.256 e. The third-order valence-corrected chi connectivity index (χ3v) is 3.72. The molecule has 1 N–H and O–H groups in total. The van der Waals surface area contributed by atoms with Crippen molar-refractivity contribution in [3.05, 3.63) is 32.9 Å². The molecule has 0 unspecified atom stereocenters. The Balaban J connectivity index is 0.00000180. The van der Waals surface area contributed by atoms with Crippen molar-refractivity contribution in [1.29, 1.82) is 0 Å². The average molecular weight is 403 g/mol. The van der Waals surface area contributed by atoms with Crippen molar-refractivity contribution < 1.29 is 13.6 Å². The van der Waals surface area contributed by atoms with Gasteiger partial charge in [0.15, 0.2) is 0 Å². The van der Waals surface area contributed by atoms with Crippen LogP contribution in [0.1, 0.15) is 17.3 Å². The predicted octanol–water partition coefficient (Wildman–Crippen LogP) is 2.43. The molecule has 1 amide bonds. The van der Waals surface area contributed by atoms with E-state index in [1.54, 1.807) is 27.5 Å². The van der Waals surface area contributed by atoms with Crippen LogP contribution in [-0.4, -0.2) is 36.5 Å². The van der Waals surface area contributed by atoms with Crippen molar-refractivity contribution >= 4 is 40.9 Å². The number of nitrogens with zero attached hydrogens (tertiary/aromatic N) is 1. The van der Waals surface area contributed by atoms with Crippen LogP contribution < -0.4 is 5.32 Å². The van der Waals surface area contributed by atoms with Gasteiger partial charge in [0.25, 0.3) is 5.91 Å². The highest BCUT2D eigenvalue weighted by atomic mass is 127. The number of amides is 1. The lowest BCUT2D eigenvalue weighted by molar-refractivity contribution is 0.0704. The number of nitrogens with one attached hydrogen (secondary N) is 1. The normalized spacial score (nSPS) is 18.9. The lowest BCUT2D eigenvalue weighted by atomic mass is 10.1. The fraction of sp³-hybridized carbons (Fsp3) is 0.417. The molecule has 0 aliphatic carbocycles. The topological polar surface area (TPSA) is 32.3 Å². The van der Waals surface area contributed by atoms with E-state index in [-0.39, 0.29) is 33.5 Å². The van der Waals surface area contributed by atoms with Crippen molar-refractivity contribution in [3.63, 3.8) is 0 Å². The summed E-state index contributed by atoms with van der Waals surface area (Å²) in [5, 5.41) is 3.20. The Labute approximate surface area is 130 Å². The van der Waals surface area contributed by atoms with Crippen LogP contribution in [0.3, 0.4) is 0 Å². The van der Waals surface area contributed by atoms with Crippen LogP contribution in [0.25, 0.3) is 0 Å². The highest BCUT2D eigenvalue weighted by Crippen LogP contribution is 2.19. The van der Waals surface area contributed by atoms with Crippen LogP contribution in [0, 0.1) is 15.2 Å². The van der Waals surface area contributed by atoms with Gasteiger partial charge in [-0.05, 0) is 35.6 Å². The number of carbonyl (C=O) groups is 1. The standard InChI is InChI=1S/C12H13F2IN2O.ClH/c1-7-6-17(3-2-16-7)12(18)8-4-11(15)10(14)5-9(8)13;/h4-5,7,16H,2-3,6H2,1H3;1H/t7-;/m1./s1.